The Kier molecular flexibility index (Phi) is 4.93. The summed E-state index contributed by atoms with van der Waals surface area (Å²) in [5.41, 5.74) is 2.81. The summed E-state index contributed by atoms with van der Waals surface area (Å²) in [6.45, 7) is 6.29. The standard InChI is InChI=1S/C17H21N3O2S/c1-12(2)22-14-5-3-13(4-6-14)15-9-18-7-8-20(15)17(21)16-10-19-11-23-16/h3-6,10-12,15,18H,7-9H2,1-2H3/t15-/m0/s1. The fourth-order valence-electron chi connectivity index (χ4n) is 2.75. The highest BCUT2D eigenvalue weighted by molar-refractivity contribution is 7.11. The number of amides is 1. The van der Waals surface area contributed by atoms with Gasteiger partial charge in [-0.3, -0.25) is 9.78 Å². The first-order chi connectivity index (χ1) is 11.1. The minimum Gasteiger partial charge on any atom is -0.491 e. The minimum absolute atomic E-state index is 0.0337. The maximum Gasteiger partial charge on any atom is 0.266 e. The molecule has 2 aromatic rings. The topological polar surface area (TPSA) is 54.5 Å². The van der Waals surface area contributed by atoms with Crippen LogP contribution in [0.25, 0.3) is 0 Å². The second-order valence-electron chi connectivity index (χ2n) is 5.82. The fourth-order valence-corrected chi connectivity index (χ4v) is 3.32. The van der Waals surface area contributed by atoms with E-state index in [4.69, 9.17) is 4.74 Å². The Hall–Kier alpha value is -1.92. The molecule has 1 aromatic carbocycles. The predicted octanol–water partition coefficient (Wildman–Crippen LogP) is 2.72. The number of thiazole rings is 1. The molecule has 1 aliphatic heterocycles. The van der Waals surface area contributed by atoms with Crippen molar-refractivity contribution in [1.29, 1.82) is 0 Å². The number of nitrogens with one attached hydrogen (secondary N) is 1. The lowest BCUT2D eigenvalue weighted by atomic mass is 10.0. The highest BCUT2D eigenvalue weighted by Crippen LogP contribution is 2.27. The second kappa shape index (κ2) is 7.10. The van der Waals surface area contributed by atoms with Gasteiger partial charge < -0.3 is 15.0 Å². The molecule has 2 heterocycles. The third-order valence-electron chi connectivity index (χ3n) is 3.78. The van der Waals surface area contributed by atoms with Crippen LogP contribution in [-0.4, -0.2) is 41.5 Å². The molecular formula is C17H21N3O2S. The third kappa shape index (κ3) is 3.71. The van der Waals surface area contributed by atoms with E-state index in [0.717, 1.165) is 24.4 Å². The van der Waals surface area contributed by atoms with E-state index >= 15 is 0 Å². The van der Waals surface area contributed by atoms with Gasteiger partial charge in [0.15, 0.2) is 0 Å². The van der Waals surface area contributed by atoms with Gasteiger partial charge in [0.25, 0.3) is 5.91 Å². The summed E-state index contributed by atoms with van der Waals surface area (Å²) in [5, 5.41) is 3.37. The van der Waals surface area contributed by atoms with Gasteiger partial charge in [-0.15, -0.1) is 11.3 Å². The molecule has 1 saturated heterocycles. The monoisotopic (exact) mass is 331 g/mol. The third-order valence-corrected chi connectivity index (χ3v) is 4.55. The van der Waals surface area contributed by atoms with E-state index in [0.29, 0.717) is 11.4 Å². The van der Waals surface area contributed by atoms with Gasteiger partial charge in [0, 0.05) is 19.6 Å². The summed E-state index contributed by atoms with van der Waals surface area (Å²) < 4.78 is 5.69. The molecule has 0 bridgehead atoms. The van der Waals surface area contributed by atoms with Gasteiger partial charge in [-0.05, 0) is 31.5 Å². The molecule has 5 nitrogen and oxygen atoms in total. The quantitative estimate of drug-likeness (QED) is 0.936. The molecule has 122 valence electrons. The van der Waals surface area contributed by atoms with Crippen molar-refractivity contribution >= 4 is 17.2 Å². The van der Waals surface area contributed by atoms with E-state index in [1.807, 2.05) is 43.0 Å². The van der Waals surface area contributed by atoms with E-state index in [9.17, 15) is 4.79 Å². The van der Waals surface area contributed by atoms with Crippen molar-refractivity contribution in [3.63, 3.8) is 0 Å². The number of piperazine rings is 1. The van der Waals surface area contributed by atoms with E-state index in [1.165, 1.54) is 11.3 Å². The first kappa shape index (κ1) is 16.0. The molecule has 1 aromatic heterocycles. The number of carbonyl (C=O) groups excluding carboxylic acids is 1. The van der Waals surface area contributed by atoms with Crippen LogP contribution in [0.3, 0.4) is 0 Å². The number of hydrogen-bond donors (Lipinski definition) is 1. The van der Waals surface area contributed by atoms with Gasteiger partial charge in [-0.2, -0.15) is 0 Å². The Morgan fingerprint density at radius 1 is 1.39 bits per heavy atom. The van der Waals surface area contributed by atoms with Crippen molar-refractivity contribution in [2.24, 2.45) is 0 Å². The number of nitrogens with zero attached hydrogens (tertiary/aromatic N) is 2. The van der Waals surface area contributed by atoms with Crippen molar-refractivity contribution in [3.8, 4) is 5.75 Å². The molecule has 0 unspecified atom stereocenters. The Bertz CT molecular complexity index is 640. The predicted molar refractivity (Wildman–Crippen MR) is 91.0 cm³/mol. The Balaban J connectivity index is 1.79. The largest absolute Gasteiger partial charge is 0.491 e. The minimum atomic E-state index is 0.0337. The molecule has 0 aliphatic carbocycles. The average molecular weight is 331 g/mol. The van der Waals surface area contributed by atoms with Gasteiger partial charge in [0.1, 0.15) is 10.6 Å². The first-order valence-electron chi connectivity index (χ1n) is 7.82. The molecule has 1 amide bonds. The van der Waals surface area contributed by atoms with Crippen LogP contribution in [0.4, 0.5) is 0 Å². The van der Waals surface area contributed by atoms with Gasteiger partial charge in [0.05, 0.1) is 23.9 Å². The number of rotatable bonds is 4. The van der Waals surface area contributed by atoms with Crippen molar-refractivity contribution < 1.29 is 9.53 Å². The summed E-state index contributed by atoms with van der Waals surface area (Å²) in [6.07, 6.45) is 1.80. The summed E-state index contributed by atoms with van der Waals surface area (Å²) in [7, 11) is 0. The van der Waals surface area contributed by atoms with Crippen LogP contribution in [-0.2, 0) is 0 Å². The lowest BCUT2D eigenvalue weighted by molar-refractivity contribution is 0.0639. The maximum absolute atomic E-state index is 12.7. The zero-order chi connectivity index (χ0) is 16.2. The van der Waals surface area contributed by atoms with E-state index in [-0.39, 0.29) is 18.1 Å². The maximum atomic E-state index is 12.7. The van der Waals surface area contributed by atoms with Crippen LogP contribution < -0.4 is 10.1 Å². The van der Waals surface area contributed by atoms with Gasteiger partial charge >= 0.3 is 0 Å². The number of benzene rings is 1. The summed E-state index contributed by atoms with van der Waals surface area (Å²) in [4.78, 5) is 19.3. The highest BCUT2D eigenvalue weighted by atomic mass is 32.1. The number of aromatic nitrogens is 1. The fraction of sp³-hybridized carbons (Fsp3) is 0.412. The van der Waals surface area contributed by atoms with Crippen molar-refractivity contribution in [1.82, 2.24) is 15.2 Å². The van der Waals surface area contributed by atoms with Crippen LogP contribution >= 0.6 is 11.3 Å². The Morgan fingerprint density at radius 3 is 2.83 bits per heavy atom. The first-order valence-corrected chi connectivity index (χ1v) is 8.70. The normalized spacial score (nSPS) is 18.2. The van der Waals surface area contributed by atoms with E-state index < -0.39 is 0 Å². The smallest absolute Gasteiger partial charge is 0.266 e. The second-order valence-corrected chi connectivity index (χ2v) is 6.71. The van der Waals surface area contributed by atoms with Crippen LogP contribution in [0, 0.1) is 0 Å². The molecule has 1 aliphatic rings. The molecule has 6 heteroatoms. The van der Waals surface area contributed by atoms with Crippen molar-refractivity contribution in [2.45, 2.75) is 26.0 Å². The molecule has 0 saturated carbocycles. The molecule has 3 rings (SSSR count). The zero-order valence-electron chi connectivity index (χ0n) is 13.4. The molecule has 1 atom stereocenters. The summed E-state index contributed by atoms with van der Waals surface area (Å²) >= 11 is 1.39. The highest BCUT2D eigenvalue weighted by Gasteiger charge is 2.29. The molecule has 23 heavy (non-hydrogen) atoms. The molecule has 0 spiro atoms. The number of hydrogen-bond acceptors (Lipinski definition) is 5. The van der Waals surface area contributed by atoms with Crippen LogP contribution in [0.2, 0.25) is 0 Å². The lowest BCUT2D eigenvalue weighted by Gasteiger charge is -2.36. The van der Waals surface area contributed by atoms with E-state index in [2.05, 4.69) is 10.3 Å². The van der Waals surface area contributed by atoms with Crippen LogP contribution in [0.15, 0.2) is 36.0 Å². The lowest BCUT2D eigenvalue weighted by Crippen LogP contribution is -2.48. The molecule has 1 N–H and O–H groups in total. The average Bonchev–Trinajstić information content (AvgIpc) is 3.09. The Labute approximate surface area is 140 Å². The Morgan fingerprint density at radius 2 is 2.17 bits per heavy atom. The number of carbonyl (C=O) groups is 1. The van der Waals surface area contributed by atoms with E-state index in [1.54, 1.807) is 11.7 Å². The molecule has 0 radical (unpaired) electrons. The zero-order valence-corrected chi connectivity index (χ0v) is 14.2. The summed E-state index contributed by atoms with van der Waals surface area (Å²) in [5.74, 6) is 0.911. The van der Waals surface area contributed by atoms with Gasteiger partial charge in [-0.1, -0.05) is 12.1 Å². The van der Waals surface area contributed by atoms with Crippen LogP contribution in [0.1, 0.15) is 35.1 Å². The molecule has 1 fully saturated rings. The van der Waals surface area contributed by atoms with Gasteiger partial charge in [0.2, 0.25) is 0 Å². The SMILES string of the molecule is CC(C)Oc1ccc([C@@H]2CNCCN2C(=O)c2cncs2)cc1. The number of ether oxygens (including phenoxy) is 1. The van der Waals surface area contributed by atoms with Gasteiger partial charge in [-0.25, -0.2) is 0 Å². The molecular weight excluding hydrogens is 310 g/mol. The van der Waals surface area contributed by atoms with Crippen molar-refractivity contribution in [2.75, 3.05) is 19.6 Å². The van der Waals surface area contributed by atoms with Crippen molar-refractivity contribution in [3.05, 3.63) is 46.4 Å². The summed E-state index contributed by atoms with van der Waals surface area (Å²) in [6, 6.07) is 8.06. The van der Waals surface area contributed by atoms with Crippen LogP contribution in [0.5, 0.6) is 5.75 Å².